The monoisotopic (exact) mass is 238 g/mol. The maximum Gasteiger partial charge on any atom is 0.272 e. The van der Waals surface area contributed by atoms with Gasteiger partial charge in [0.2, 0.25) is 0 Å². The molecule has 0 radical (unpaired) electrons. The molecule has 5 heteroatoms. The Morgan fingerprint density at radius 3 is 2.65 bits per heavy atom. The fraction of sp³-hybridized carbons (Fsp3) is 0.500. The number of rotatable bonds is 1. The van der Waals surface area contributed by atoms with Crippen molar-refractivity contribution in [3.05, 3.63) is 33.6 Å². The molecule has 1 aliphatic heterocycles. The van der Waals surface area contributed by atoms with E-state index in [0.717, 1.165) is 6.07 Å². The fourth-order valence-corrected chi connectivity index (χ4v) is 2.04. The molecule has 2 rings (SSSR count). The van der Waals surface area contributed by atoms with Gasteiger partial charge in [0.25, 0.3) is 5.69 Å². The summed E-state index contributed by atoms with van der Waals surface area (Å²) < 4.78 is 13.7. The first-order valence-electron chi connectivity index (χ1n) is 5.52. The number of anilines is 1. The summed E-state index contributed by atoms with van der Waals surface area (Å²) in [6.07, 6.45) is 0.622. The van der Waals surface area contributed by atoms with Gasteiger partial charge in [0.05, 0.1) is 16.7 Å². The van der Waals surface area contributed by atoms with Crippen LogP contribution < -0.4 is 5.32 Å². The van der Waals surface area contributed by atoms with Crippen LogP contribution in [0.1, 0.15) is 26.3 Å². The molecule has 1 aromatic rings. The Labute approximate surface area is 99.0 Å². The largest absolute Gasteiger partial charge is 0.379 e. The second-order valence-electron chi connectivity index (χ2n) is 5.49. The molecule has 1 unspecified atom stereocenters. The Morgan fingerprint density at radius 2 is 2.12 bits per heavy atom. The van der Waals surface area contributed by atoms with Crippen LogP contribution in [0.5, 0.6) is 0 Å². The van der Waals surface area contributed by atoms with E-state index in [1.807, 2.05) is 0 Å². The standard InChI is InChI=1S/C12H15FN2O2/c1-12(2,3)10-5-7-4-8(15(16)17)6-9(13)11(7)14-10/h4,6,10,14H,5H2,1-3H3. The van der Waals surface area contributed by atoms with Gasteiger partial charge in [0.15, 0.2) is 5.82 Å². The van der Waals surface area contributed by atoms with Gasteiger partial charge in [0.1, 0.15) is 0 Å². The van der Waals surface area contributed by atoms with Crippen molar-refractivity contribution in [2.45, 2.75) is 33.2 Å². The summed E-state index contributed by atoms with van der Waals surface area (Å²) in [5, 5.41) is 13.8. The molecule has 1 aromatic carbocycles. The zero-order chi connectivity index (χ0) is 12.8. The summed E-state index contributed by atoms with van der Waals surface area (Å²) in [4.78, 5) is 10.1. The van der Waals surface area contributed by atoms with Crippen molar-refractivity contribution in [3.8, 4) is 0 Å². The van der Waals surface area contributed by atoms with Crippen LogP contribution in [0, 0.1) is 21.3 Å². The lowest BCUT2D eigenvalue weighted by molar-refractivity contribution is -0.385. The second kappa shape index (κ2) is 3.68. The van der Waals surface area contributed by atoms with E-state index in [1.54, 1.807) is 0 Å². The van der Waals surface area contributed by atoms with E-state index in [-0.39, 0.29) is 17.1 Å². The Hall–Kier alpha value is -1.65. The zero-order valence-corrected chi connectivity index (χ0v) is 10.1. The third-order valence-corrected chi connectivity index (χ3v) is 3.16. The Morgan fingerprint density at radius 1 is 1.47 bits per heavy atom. The average molecular weight is 238 g/mol. The van der Waals surface area contributed by atoms with Gasteiger partial charge in [-0.15, -0.1) is 0 Å². The highest BCUT2D eigenvalue weighted by Crippen LogP contribution is 2.37. The molecule has 0 aromatic heterocycles. The van der Waals surface area contributed by atoms with E-state index < -0.39 is 10.7 Å². The molecule has 1 heterocycles. The number of nitro benzene ring substituents is 1. The molecular weight excluding hydrogens is 223 g/mol. The number of halogens is 1. The first-order chi connectivity index (χ1) is 7.79. The van der Waals surface area contributed by atoms with Gasteiger partial charge in [0, 0.05) is 12.1 Å². The summed E-state index contributed by atoms with van der Waals surface area (Å²) in [6, 6.07) is 2.53. The van der Waals surface area contributed by atoms with E-state index in [9.17, 15) is 14.5 Å². The summed E-state index contributed by atoms with van der Waals surface area (Å²) in [5.41, 5.74) is 0.907. The maximum atomic E-state index is 13.7. The number of hydrogen-bond donors (Lipinski definition) is 1. The molecule has 0 aliphatic carbocycles. The number of hydrogen-bond acceptors (Lipinski definition) is 3. The molecule has 1 atom stereocenters. The molecule has 0 spiro atoms. The molecule has 1 aliphatic rings. The molecule has 1 N–H and O–H groups in total. The highest BCUT2D eigenvalue weighted by Gasteiger charge is 2.33. The highest BCUT2D eigenvalue weighted by molar-refractivity contribution is 5.62. The van der Waals surface area contributed by atoms with Crippen molar-refractivity contribution in [1.82, 2.24) is 0 Å². The predicted octanol–water partition coefficient (Wildman–Crippen LogP) is 3.12. The maximum absolute atomic E-state index is 13.7. The fourth-order valence-electron chi connectivity index (χ4n) is 2.04. The van der Waals surface area contributed by atoms with E-state index in [4.69, 9.17) is 0 Å². The Bertz CT molecular complexity index is 480. The summed E-state index contributed by atoms with van der Waals surface area (Å²) >= 11 is 0. The molecule has 0 bridgehead atoms. The quantitative estimate of drug-likeness (QED) is 0.604. The van der Waals surface area contributed by atoms with Crippen LogP contribution in [0.15, 0.2) is 12.1 Å². The minimum Gasteiger partial charge on any atom is -0.379 e. The molecule has 0 amide bonds. The zero-order valence-electron chi connectivity index (χ0n) is 10.1. The molecule has 0 fully saturated rings. The minimum atomic E-state index is -0.562. The number of nitro groups is 1. The summed E-state index contributed by atoms with van der Waals surface area (Å²) in [5.74, 6) is -0.541. The van der Waals surface area contributed by atoms with Crippen molar-refractivity contribution < 1.29 is 9.31 Å². The lowest BCUT2D eigenvalue weighted by Gasteiger charge is -2.27. The van der Waals surface area contributed by atoms with Gasteiger partial charge in [-0.25, -0.2) is 4.39 Å². The smallest absolute Gasteiger partial charge is 0.272 e. The number of benzene rings is 1. The van der Waals surface area contributed by atoms with Crippen LogP contribution in [0.2, 0.25) is 0 Å². The van der Waals surface area contributed by atoms with Crippen molar-refractivity contribution in [1.29, 1.82) is 0 Å². The van der Waals surface area contributed by atoms with E-state index in [1.165, 1.54) is 6.07 Å². The number of nitrogens with one attached hydrogen (secondary N) is 1. The molecular formula is C12H15FN2O2. The second-order valence-corrected chi connectivity index (χ2v) is 5.49. The van der Waals surface area contributed by atoms with Crippen LogP contribution in [-0.2, 0) is 6.42 Å². The van der Waals surface area contributed by atoms with Crippen molar-refractivity contribution >= 4 is 11.4 Å². The van der Waals surface area contributed by atoms with Crippen molar-refractivity contribution in [2.24, 2.45) is 5.41 Å². The first-order valence-corrected chi connectivity index (χ1v) is 5.52. The average Bonchev–Trinajstić information content (AvgIpc) is 2.60. The minimum absolute atomic E-state index is 0.0137. The van der Waals surface area contributed by atoms with Crippen LogP contribution >= 0.6 is 0 Å². The van der Waals surface area contributed by atoms with Gasteiger partial charge in [-0.2, -0.15) is 0 Å². The molecule has 17 heavy (non-hydrogen) atoms. The molecule has 92 valence electrons. The van der Waals surface area contributed by atoms with Crippen LogP contribution in [0.4, 0.5) is 15.8 Å². The summed E-state index contributed by atoms with van der Waals surface area (Å²) in [7, 11) is 0. The van der Waals surface area contributed by atoms with E-state index in [2.05, 4.69) is 26.1 Å². The van der Waals surface area contributed by atoms with E-state index >= 15 is 0 Å². The first kappa shape index (κ1) is 11.8. The van der Waals surface area contributed by atoms with Crippen LogP contribution in [0.3, 0.4) is 0 Å². The van der Waals surface area contributed by atoms with Gasteiger partial charge in [-0.3, -0.25) is 10.1 Å². The predicted molar refractivity (Wildman–Crippen MR) is 63.6 cm³/mol. The highest BCUT2D eigenvalue weighted by atomic mass is 19.1. The lowest BCUT2D eigenvalue weighted by Crippen LogP contribution is -2.31. The van der Waals surface area contributed by atoms with Gasteiger partial charge in [-0.05, 0) is 17.4 Å². The third-order valence-electron chi connectivity index (χ3n) is 3.16. The van der Waals surface area contributed by atoms with Gasteiger partial charge in [-0.1, -0.05) is 20.8 Å². The van der Waals surface area contributed by atoms with Crippen LogP contribution in [-0.4, -0.2) is 11.0 Å². The van der Waals surface area contributed by atoms with Crippen LogP contribution in [0.25, 0.3) is 0 Å². The normalized spacial score (nSPS) is 18.7. The van der Waals surface area contributed by atoms with Crippen molar-refractivity contribution in [2.75, 3.05) is 5.32 Å². The van der Waals surface area contributed by atoms with E-state index in [0.29, 0.717) is 17.7 Å². The number of fused-ring (bicyclic) bond motifs is 1. The van der Waals surface area contributed by atoms with Gasteiger partial charge >= 0.3 is 0 Å². The van der Waals surface area contributed by atoms with Crippen molar-refractivity contribution in [3.63, 3.8) is 0 Å². The topological polar surface area (TPSA) is 55.2 Å². The Balaban J connectivity index is 2.39. The molecule has 0 saturated carbocycles. The third kappa shape index (κ3) is 2.09. The molecule has 4 nitrogen and oxygen atoms in total. The SMILES string of the molecule is CC(C)(C)C1Cc2cc([N+](=O)[O-])cc(F)c2N1. The molecule has 0 saturated heterocycles. The lowest BCUT2D eigenvalue weighted by atomic mass is 9.85. The summed E-state index contributed by atoms with van der Waals surface area (Å²) in [6.45, 7) is 6.18. The number of nitrogens with zero attached hydrogens (tertiary/aromatic N) is 1. The Kier molecular flexibility index (Phi) is 2.56. The number of non-ortho nitro benzene ring substituents is 1. The van der Waals surface area contributed by atoms with Gasteiger partial charge < -0.3 is 5.32 Å².